The second kappa shape index (κ2) is 9.34. The molecule has 0 radical (unpaired) electrons. The van der Waals surface area contributed by atoms with Crippen LogP contribution in [-0.2, 0) is 12.6 Å². The van der Waals surface area contributed by atoms with Crippen molar-refractivity contribution >= 4 is 17.5 Å². The number of hydrogen-bond donors (Lipinski definition) is 1. The van der Waals surface area contributed by atoms with E-state index in [0.717, 1.165) is 28.8 Å². The van der Waals surface area contributed by atoms with Crippen molar-refractivity contribution in [2.75, 3.05) is 6.54 Å². The largest absolute Gasteiger partial charge is 0.434 e. The maximum Gasteiger partial charge on any atom is 0.434 e. The number of hydrogen-bond acceptors (Lipinski definition) is 3. The van der Waals surface area contributed by atoms with E-state index in [1.165, 1.54) is 18.2 Å². The molecule has 0 aliphatic rings. The smallest absolute Gasteiger partial charge is 0.352 e. The minimum atomic E-state index is -4.79. The van der Waals surface area contributed by atoms with Crippen molar-refractivity contribution in [2.45, 2.75) is 26.4 Å². The third kappa shape index (κ3) is 4.99. The number of benzene rings is 2. The molecule has 0 atom stereocenters. The normalized spacial score (nSPS) is 11.6. The standard InChI is InChI=1S/C24H21ClF3N5O/c1-15-12-16(2)32(31-15)19-8-6-17(7-9-19)10-11-29-23(34)21-14-30-33(22(21)24(26,27)28)20-5-3-4-18(25)13-20/h3-9,12-14H,10-11H2,1-2H3,(H,29,34). The van der Waals surface area contributed by atoms with Crippen LogP contribution in [0.1, 0.15) is 33.0 Å². The van der Waals surface area contributed by atoms with Crippen LogP contribution in [0.25, 0.3) is 11.4 Å². The summed E-state index contributed by atoms with van der Waals surface area (Å²) in [7, 11) is 0. The zero-order valence-electron chi connectivity index (χ0n) is 18.4. The predicted octanol–water partition coefficient (Wildman–Crippen LogP) is 5.32. The zero-order chi connectivity index (χ0) is 24.5. The van der Waals surface area contributed by atoms with Gasteiger partial charge in [-0.1, -0.05) is 29.8 Å². The van der Waals surface area contributed by atoms with Crippen molar-refractivity contribution in [3.8, 4) is 11.4 Å². The molecule has 0 unspecified atom stereocenters. The lowest BCUT2D eigenvalue weighted by Gasteiger charge is -2.13. The van der Waals surface area contributed by atoms with Gasteiger partial charge in [0.25, 0.3) is 5.91 Å². The van der Waals surface area contributed by atoms with Crippen LogP contribution in [0.15, 0.2) is 60.8 Å². The van der Waals surface area contributed by atoms with E-state index in [1.54, 1.807) is 6.07 Å². The van der Waals surface area contributed by atoms with Gasteiger partial charge in [-0.3, -0.25) is 4.79 Å². The molecule has 1 amide bonds. The van der Waals surface area contributed by atoms with Gasteiger partial charge in [0.1, 0.15) is 0 Å². The Hall–Kier alpha value is -3.59. The summed E-state index contributed by atoms with van der Waals surface area (Å²) in [6.45, 7) is 4.05. The van der Waals surface area contributed by atoms with E-state index >= 15 is 0 Å². The molecule has 176 valence electrons. The summed E-state index contributed by atoms with van der Waals surface area (Å²) in [6.07, 6.45) is -3.42. The van der Waals surface area contributed by atoms with Crippen LogP contribution in [0.3, 0.4) is 0 Å². The monoisotopic (exact) mass is 487 g/mol. The Balaban J connectivity index is 1.46. The number of nitrogens with zero attached hydrogens (tertiary/aromatic N) is 4. The highest BCUT2D eigenvalue weighted by atomic mass is 35.5. The molecule has 0 bridgehead atoms. The molecule has 2 heterocycles. The first-order chi connectivity index (χ1) is 16.1. The van der Waals surface area contributed by atoms with Gasteiger partial charge in [0.15, 0.2) is 5.69 Å². The Bertz CT molecular complexity index is 1330. The molecule has 0 aliphatic heterocycles. The molecule has 0 aliphatic carbocycles. The van der Waals surface area contributed by atoms with Crippen LogP contribution in [0, 0.1) is 13.8 Å². The van der Waals surface area contributed by atoms with Crippen molar-refractivity contribution in [1.29, 1.82) is 0 Å². The van der Waals surface area contributed by atoms with Crippen LogP contribution >= 0.6 is 11.6 Å². The number of aryl methyl sites for hydroxylation is 2. The minimum absolute atomic E-state index is 0.113. The highest BCUT2D eigenvalue weighted by Gasteiger charge is 2.40. The van der Waals surface area contributed by atoms with Gasteiger partial charge in [0.2, 0.25) is 0 Å². The van der Waals surface area contributed by atoms with E-state index < -0.39 is 23.3 Å². The molecule has 6 nitrogen and oxygen atoms in total. The summed E-state index contributed by atoms with van der Waals surface area (Å²) in [4.78, 5) is 12.6. The number of alkyl halides is 3. The van der Waals surface area contributed by atoms with Gasteiger partial charge in [-0.25, -0.2) is 9.36 Å². The molecule has 2 aromatic heterocycles. The van der Waals surface area contributed by atoms with Gasteiger partial charge in [0.05, 0.1) is 28.8 Å². The van der Waals surface area contributed by atoms with E-state index in [2.05, 4.69) is 15.5 Å². The van der Waals surface area contributed by atoms with Crippen LogP contribution < -0.4 is 5.32 Å². The number of nitrogens with one attached hydrogen (secondary N) is 1. The van der Waals surface area contributed by atoms with Crippen molar-refractivity contribution in [3.05, 3.63) is 94.0 Å². The fourth-order valence-corrected chi connectivity index (χ4v) is 3.89. The maximum absolute atomic E-state index is 13.8. The third-order valence-electron chi connectivity index (χ3n) is 5.22. The molecule has 4 rings (SSSR count). The fraction of sp³-hybridized carbons (Fsp3) is 0.208. The fourth-order valence-electron chi connectivity index (χ4n) is 3.70. The first kappa shape index (κ1) is 23.6. The number of aromatic nitrogens is 4. The average molecular weight is 488 g/mol. The molecule has 2 aromatic carbocycles. The van der Waals surface area contributed by atoms with E-state index in [9.17, 15) is 18.0 Å². The SMILES string of the molecule is Cc1cc(C)n(-c2ccc(CCNC(=O)c3cnn(-c4cccc(Cl)c4)c3C(F)(F)F)cc2)n1. The summed E-state index contributed by atoms with van der Waals surface area (Å²) >= 11 is 5.90. The predicted molar refractivity (Wildman–Crippen MR) is 123 cm³/mol. The van der Waals surface area contributed by atoms with Gasteiger partial charge >= 0.3 is 6.18 Å². The lowest BCUT2D eigenvalue weighted by molar-refractivity contribution is -0.143. The van der Waals surface area contributed by atoms with Gasteiger partial charge in [-0.2, -0.15) is 23.4 Å². The number of carbonyl (C=O) groups excluding carboxylic acids is 1. The molecule has 34 heavy (non-hydrogen) atoms. The van der Waals surface area contributed by atoms with Gasteiger partial charge in [0, 0.05) is 17.3 Å². The van der Waals surface area contributed by atoms with E-state index in [-0.39, 0.29) is 17.3 Å². The maximum atomic E-state index is 13.8. The van der Waals surface area contributed by atoms with E-state index in [0.29, 0.717) is 11.1 Å². The summed E-state index contributed by atoms with van der Waals surface area (Å²) < 4.78 is 43.9. The molecular formula is C24H21ClF3N5O. The quantitative estimate of drug-likeness (QED) is 0.400. The third-order valence-corrected chi connectivity index (χ3v) is 5.46. The Kier molecular flexibility index (Phi) is 6.47. The van der Waals surface area contributed by atoms with Crippen LogP contribution in [0.5, 0.6) is 0 Å². The molecule has 0 saturated carbocycles. The van der Waals surface area contributed by atoms with Crippen molar-refractivity contribution in [1.82, 2.24) is 24.9 Å². The second-order valence-corrected chi connectivity index (χ2v) is 8.24. The van der Waals surface area contributed by atoms with Crippen LogP contribution in [0.4, 0.5) is 13.2 Å². The molecule has 0 spiro atoms. The highest BCUT2D eigenvalue weighted by molar-refractivity contribution is 6.30. The molecule has 1 N–H and O–H groups in total. The van der Waals surface area contributed by atoms with E-state index in [4.69, 9.17) is 11.6 Å². The van der Waals surface area contributed by atoms with Gasteiger partial charge < -0.3 is 5.32 Å². The van der Waals surface area contributed by atoms with Crippen LogP contribution in [-0.4, -0.2) is 32.0 Å². The Morgan fingerprint density at radius 3 is 2.38 bits per heavy atom. The molecule has 0 saturated heterocycles. The van der Waals surface area contributed by atoms with Crippen molar-refractivity contribution in [3.63, 3.8) is 0 Å². The van der Waals surface area contributed by atoms with Gasteiger partial charge in [-0.05, 0) is 62.2 Å². The first-order valence-corrected chi connectivity index (χ1v) is 10.8. The summed E-state index contributed by atoms with van der Waals surface area (Å²) in [5, 5.41) is 11.1. The van der Waals surface area contributed by atoms with Gasteiger partial charge in [-0.15, -0.1) is 0 Å². The number of carbonyl (C=O) groups is 1. The zero-order valence-corrected chi connectivity index (χ0v) is 19.2. The first-order valence-electron chi connectivity index (χ1n) is 10.5. The second-order valence-electron chi connectivity index (χ2n) is 7.81. The number of rotatable bonds is 6. The summed E-state index contributed by atoms with van der Waals surface area (Å²) in [5.74, 6) is -0.847. The van der Waals surface area contributed by atoms with Crippen molar-refractivity contribution < 1.29 is 18.0 Å². The van der Waals surface area contributed by atoms with Crippen LogP contribution in [0.2, 0.25) is 5.02 Å². The Labute approximate surface area is 199 Å². The summed E-state index contributed by atoms with van der Waals surface area (Å²) in [6, 6.07) is 15.4. The molecule has 4 aromatic rings. The topological polar surface area (TPSA) is 64.7 Å². The summed E-state index contributed by atoms with van der Waals surface area (Å²) in [5.41, 5.74) is 2.17. The Morgan fingerprint density at radius 1 is 1.03 bits per heavy atom. The minimum Gasteiger partial charge on any atom is -0.352 e. The Morgan fingerprint density at radius 2 is 1.76 bits per heavy atom. The molecule has 0 fully saturated rings. The highest BCUT2D eigenvalue weighted by Crippen LogP contribution is 2.34. The molecule has 10 heteroatoms. The number of amides is 1. The average Bonchev–Trinajstić information content (AvgIpc) is 3.37. The molecular weight excluding hydrogens is 467 g/mol. The lowest BCUT2D eigenvalue weighted by Crippen LogP contribution is -2.28. The lowest BCUT2D eigenvalue weighted by atomic mass is 10.1. The number of halogens is 4. The van der Waals surface area contributed by atoms with Crippen molar-refractivity contribution in [2.24, 2.45) is 0 Å². The van der Waals surface area contributed by atoms with E-state index in [1.807, 2.05) is 48.9 Å².